The van der Waals surface area contributed by atoms with Crippen molar-refractivity contribution in [1.29, 1.82) is 0 Å². The van der Waals surface area contributed by atoms with Crippen LogP contribution >= 0.6 is 11.6 Å². The zero-order chi connectivity index (χ0) is 9.98. The molecule has 68 valence electrons. The topological polar surface area (TPSA) is 46.5 Å². The van der Waals surface area contributed by atoms with Gasteiger partial charge in [0.25, 0.3) is 0 Å². The average Bonchev–Trinajstić information content (AvgIpc) is 2.01. The monoisotopic (exact) mass is 190 g/mol. The minimum absolute atomic E-state index is 0.0956. The molecule has 0 unspecified atom stereocenters. The van der Waals surface area contributed by atoms with Gasteiger partial charge in [-0.2, -0.15) is 0 Å². The second-order valence-corrected chi connectivity index (χ2v) is 1.80. The van der Waals surface area contributed by atoms with Crippen LogP contribution in [0.25, 0.3) is 0 Å². The van der Waals surface area contributed by atoms with E-state index in [1.807, 2.05) is 0 Å². The summed E-state index contributed by atoms with van der Waals surface area (Å²) < 4.78 is 4.35. The highest BCUT2D eigenvalue weighted by atomic mass is 35.5. The summed E-state index contributed by atoms with van der Waals surface area (Å²) in [6.45, 7) is 9.48. The van der Waals surface area contributed by atoms with Crippen molar-refractivity contribution in [1.82, 2.24) is 0 Å². The van der Waals surface area contributed by atoms with Crippen LogP contribution in [0.3, 0.4) is 0 Å². The van der Waals surface area contributed by atoms with Gasteiger partial charge in [-0.3, -0.25) is 0 Å². The summed E-state index contributed by atoms with van der Waals surface area (Å²) >= 11 is 4.76. The molecule has 0 saturated carbocycles. The summed E-state index contributed by atoms with van der Waals surface area (Å²) in [5, 5.41) is 8.34. The third-order valence-corrected chi connectivity index (χ3v) is 0.568. The number of esters is 1. The van der Waals surface area contributed by atoms with Crippen molar-refractivity contribution < 1.29 is 14.6 Å². The first-order chi connectivity index (χ1) is 5.59. The van der Waals surface area contributed by atoms with Crippen LogP contribution in [-0.4, -0.2) is 17.7 Å². The Labute approximate surface area is 76.6 Å². The summed E-state index contributed by atoms with van der Waals surface area (Å²) in [6, 6.07) is 0. The van der Waals surface area contributed by atoms with E-state index in [-0.39, 0.29) is 6.61 Å². The van der Waals surface area contributed by atoms with Crippen molar-refractivity contribution in [3.8, 4) is 0 Å². The normalized spacial score (nSPS) is 7.08. The summed E-state index contributed by atoms with van der Waals surface area (Å²) in [5.74, 6) is -1.40. The van der Waals surface area contributed by atoms with E-state index in [1.54, 1.807) is 0 Å². The summed E-state index contributed by atoms with van der Waals surface area (Å²) in [7, 11) is 0. The number of halogens is 1. The molecule has 0 aromatic carbocycles. The van der Waals surface area contributed by atoms with Gasteiger partial charge in [0.05, 0.1) is 0 Å². The Morgan fingerprint density at radius 3 is 2.25 bits per heavy atom. The molecular weight excluding hydrogens is 180 g/mol. The molecule has 0 aliphatic carbocycles. The average molecular weight is 191 g/mol. The van der Waals surface area contributed by atoms with Crippen molar-refractivity contribution in [2.24, 2.45) is 0 Å². The predicted octanol–water partition coefficient (Wildman–Crippen LogP) is 2.16. The molecule has 0 saturated heterocycles. The van der Waals surface area contributed by atoms with E-state index in [2.05, 4.69) is 24.5 Å². The first-order valence-corrected chi connectivity index (χ1v) is 3.40. The van der Waals surface area contributed by atoms with Crippen molar-refractivity contribution >= 4 is 17.6 Å². The summed E-state index contributed by atoms with van der Waals surface area (Å²) in [6.07, 6.45) is 1.40. The molecule has 0 heterocycles. The highest BCUT2D eigenvalue weighted by molar-refractivity contribution is 6.25. The van der Waals surface area contributed by atoms with Crippen LogP contribution in [0, 0.1) is 0 Å². The van der Waals surface area contributed by atoms with E-state index in [4.69, 9.17) is 16.7 Å². The number of aliphatic hydroxyl groups excluding tert-OH is 1. The molecule has 4 heteroatoms. The zero-order valence-corrected chi connectivity index (χ0v) is 7.38. The third-order valence-electron chi connectivity index (χ3n) is 0.568. The Kier molecular flexibility index (Phi) is 10.9. The fourth-order valence-corrected chi connectivity index (χ4v) is 0.218. The van der Waals surface area contributed by atoms with Crippen LogP contribution in [-0.2, 0) is 9.53 Å². The van der Waals surface area contributed by atoms with Gasteiger partial charge < -0.3 is 9.84 Å². The van der Waals surface area contributed by atoms with Gasteiger partial charge in [-0.1, -0.05) is 30.8 Å². The molecule has 0 aromatic heterocycles. The molecule has 0 spiro atoms. The Morgan fingerprint density at radius 1 is 1.58 bits per heavy atom. The molecule has 0 radical (unpaired) electrons. The Morgan fingerprint density at radius 2 is 2.00 bits per heavy atom. The van der Waals surface area contributed by atoms with E-state index >= 15 is 0 Å². The lowest BCUT2D eigenvalue weighted by Gasteiger charge is -1.96. The number of aliphatic hydroxyl groups is 1. The first kappa shape index (κ1) is 13.4. The Hall–Kier alpha value is -1.22. The number of hydrogen-bond acceptors (Lipinski definition) is 3. The van der Waals surface area contributed by atoms with Crippen molar-refractivity contribution in [2.45, 2.75) is 0 Å². The number of hydrogen-bond donors (Lipinski definition) is 1. The first-order valence-electron chi connectivity index (χ1n) is 2.97. The maximum absolute atomic E-state index is 10.3. The highest BCUT2D eigenvalue weighted by Gasteiger charge is 2.02. The third kappa shape index (κ3) is 11.6. The van der Waals surface area contributed by atoms with E-state index in [0.717, 1.165) is 0 Å². The summed E-state index contributed by atoms with van der Waals surface area (Å²) in [4.78, 5) is 10.3. The Balaban J connectivity index is 0. The highest BCUT2D eigenvalue weighted by Crippen LogP contribution is 1.87. The van der Waals surface area contributed by atoms with Gasteiger partial charge in [-0.15, -0.1) is 0 Å². The second kappa shape index (κ2) is 9.78. The van der Waals surface area contributed by atoms with E-state index in [0.29, 0.717) is 0 Å². The van der Waals surface area contributed by atoms with Gasteiger partial charge in [0.15, 0.2) is 5.76 Å². The van der Waals surface area contributed by atoms with E-state index in [9.17, 15) is 4.79 Å². The fraction of sp³-hybridized carbons (Fsp3) is 0.125. The van der Waals surface area contributed by atoms with Crippen molar-refractivity contribution in [3.05, 3.63) is 37.1 Å². The molecular formula is C8H11ClO3. The van der Waals surface area contributed by atoms with Gasteiger partial charge in [0.2, 0.25) is 0 Å². The maximum Gasteiger partial charge on any atom is 0.373 e. The van der Waals surface area contributed by atoms with Crippen LogP contribution in [0.1, 0.15) is 0 Å². The van der Waals surface area contributed by atoms with E-state index < -0.39 is 11.7 Å². The lowest BCUT2D eigenvalue weighted by Crippen LogP contribution is -2.05. The molecule has 0 rings (SSSR count). The quantitative estimate of drug-likeness (QED) is 0.321. The van der Waals surface area contributed by atoms with Crippen LogP contribution in [0.15, 0.2) is 37.1 Å². The molecule has 0 atom stereocenters. The molecule has 0 aliphatic heterocycles. The zero-order valence-electron chi connectivity index (χ0n) is 6.62. The van der Waals surface area contributed by atoms with Gasteiger partial charge in [-0.25, -0.2) is 4.79 Å². The van der Waals surface area contributed by atoms with E-state index in [1.165, 1.54) is 11.6 Å². The molecule has 0 bridgehead atoms. The number of ether oxygens (including phenoxy) is 1. The molecule has 3 nitrogen and oxygen atoms in total. The van der Waals surface area contributed by atoms with Crippen molar-refractivity contribution in [3.63, 3.8) is 0 Å². The number of rotatable bonds is 3. The molecule has 0 amide bonds. The lowest BCUT2D eigenvalue weighted by molar-refractivity contribution is -0.140. The molecule has 0 fully saturated rings. The molecule has 1 N–H and O–H groups in total. The maximum atomic E-state index is 10.3. The van der Waals surface area contributed by atoms with Crippen LogP contribution in [0.2, 0.25) is 0 Å². The smallest absolute Gasteiger partial charge is 0.373 e. The molecule has 0 aromatic rings. The number of carbonyl (C=O) groups is 1. The lowest BCUT2D eigenvalue weighted by atomic mass is 10.6. The predicted molar refractivity (Wildman–Crippen MR) is 49.0 cm³/mol. The van der Waals surface area contributed by atoms with Gasteiger partial charge in [-0.05, 0) is 12.1 Å². The minimum atomic E-state index is -0.810. The van der Waals surface area contributed by atoms with Crippen LogP contribution in [0.5, 0.6) is 0 Å². The standard InChI is InChI=1S/C6H8O3.C2H3Cl/c1-3-4-9-6(8)5(2)7;1-2-3/h3,7H,1-2,4H2;2H,1H2. The van der Waals surface area contributed by atoms with Crippen molar-refractivity contribution in [2.75, 3.05) is 6.61 Å². The minimum Gasteiger partial charge on any atom is -0.502 e. The van der Waals surface area contributed by atoms with Crippen LogP contribution in [0.4, 0.5) is 0 Å². The molecule has 12 heavy (non-hydrogen) atoms. The van der Waals surface area contributed by atoms with Gasteiger partial charge in [0.1, 0.15) is 6.61 Å². The number of carbonyl (C=O) groups excluding carboxylic acids is 1. The van der Waals surface area contributed by atoms with Gasteiger partial charge >= 0.3 is 5.97 Å². The summed E-state index contributed by atoms with van der Waals surface area (Å²) in [5.41, 5.74) is 1.22. The van der Waals surface area contributed by atoms with Gasteiger partial charge in [0, 0.05) is 0 Å². The largest absolute Gasteiger partial charge is 0.502 e. The van der Waals surface area contributed by atoms with Crippen LogP contribution < -0.4 is 0 Å². The fourth-order valence-electron chi connectivity index (χ4n) is 0.218. The SMILES string of the molecule is C=CCOC(=O)C(=C)O.C=CCl. The Bertz CT molecular complexity index is 175. The second-order valence-electron chi connectivity index (χ2n) is 1.49. The molecule has 0 aliphatic rings.